The number of allylic oxidation sites excluding steroid dienone is 1. The Hall–Kier alpha value is -3.08. The first-order chi connectivity index (χ1) is 13.6. The van der Waals surface area contributed by atoms with Crippen LogP contribution in [0.3, 0.4) is 0 Å². The molecule has 2 fully saturated rings. The number of carbonyl (C=O) groups excluding carboxylic acids is 2. The molecular weight excluding hydrogens is 352 g/mol. The van der Waals surface area contributed by atoms with E-state index >= 15 is 0 Å². The molecule has 0 unspecified atom stereocenters. The van der Waals surface area contributed by atoms with Crippen LogP contribution in [0.2, 0.25) is 0 Å². The molecule has 0 atom stereocenters. The van der Waals surface area contributed by atoms with Gasteiger partial charge < -0.3 is 15.4 Å². The molecular formula is C23H24N2O3. The van der Waals surface area contributed by atoms with E-state index in [1.165, 1.54) is 31.3 Å². The summed E-state index contributed by atoms with van der Waals surface area (Å²) in [5.74, 6) is 1.71. The zero-order chi connectivity index (χ0) is 19.5. The highest BCUT2D eigenvalue weighted by atomic mass is 16.5. The van der Waals surface area contributed by atoms with Gasteiger partial charge in [-0.05, 0) is 86.1 Å². The van der Waals surface area contributed by atoms with E-state index in [-0.39, 0.29) is 11.8 Å². The van der Waals surface area contributed by atoms with Crippen LogP contribution in [0, 0.1) is 11.8 Å². The summed E-state index contributed by atoms with van der Waals surface area (Å²) >= 11 is 0. The van der Waals surface area contributed by atoms with E-state index in [9.17, 15) is 9.59 Å². The third kappa shape index (κ3) is 4.60. The summed E-state index contributed by atoms with van der Waals surface area (Å²) in [5, 5.41) is 5.75. The summed E-state index contributed by atoms with van der Waals surface area (Å²) in [6, 6.07) is 14.1. The molecule has 5 nitrogen and oxygen atoms in total. The van der Waals surface area contributed by atoms with E-state index in [1.54, 1.807) is 61.7 Å². The van der Waals surface area contributed by atoms with Crippen LogP contribution in [0.1, 0.15) is 36.0 Å². The van der Waals surface area contributed by atoms with Gasteiger partial charge in [-0.3, -0.25) is 9.59 Å². The van der Waals surface area contributed by atoms with Crippen molar-refractivity contribution in [2.45, 2.75) is 25.7 Å². The first-order valence-corrected chi connectivity index (χ1v) is 9.70. The van der Waals surface area contributed by atoms with Gasteiger partial charge in [0.25, 0.3) is 5.91 Å². The molecule has 0 aliphatic heterocycles. The van der Waals surface area contributed by atoms with Crippen molar-refractivity contribution in [3.8, 4) is 5.75 Å². The van der Waals surface area contributed by atoms with Gasteiger partial charge in [-0.25, -0.2) is 0 Å². The highest BCUT2D eigenvalue weighted by molar-refractivity contribution is 6.05. The first-order valence-electron chi connectivity index (χ1n) is 9.70. The quantitative estimate of drug-likeness (QED) is 0.692. The first kappa shape index (κ1) is 18.3. The molecule has 0 aromatic heterocycles. The number of rotatable bonds is 7. The minimum absolute atomic E-state index is 0.0794. The Morgan fingerprint density at radius 2 is 1.39 bits per heavy atom. The van der Waals surface area contributed by atoms with E-state index in [0.29, 0.717) is 28.8 Å². The van der Waals surface area contributed by atoms with E-state index in [1.807, 2.05) is 0 Å². The average Bonchev–Trinajstić information content (AvgIpc) is 3.61. The van der Waals surface area contributed by atoms with Crippen molar-refractivity contribution in [3.05, 3.63) is 65.7 Å². The van der Waals surface area contributed by atoms with Gasteiger partial charge >= 0.3 is 0 Å². The van der Waals surface area contributed by atoms with Gasteiger partial charge in [0.2, 0.25) is 5.91 Å². The molecule has 2 saturated carbocycles. The van der Waals surface area contributed by atoms with E-state index in [0.717, 1.165) is 5.75 Å². The second-order valence-corrected chi connectivity index (χ2v) is 7.44. The molecule has 2 N–H and O–H groups in total. The Kier molecular flexibility index (Phi) is 5.15. The number of anilines is 2. The zero-order valence-electron chi connectivity index (χ0n) is 15.9. The van der Waals surface area contributed by atoms with Gasteiger partial charge in [0.15, 0.2) is 0 Å². The molecule has 0 bridgehead atoms. The summed E-state index contributed by atoms with van der Waals surface area (Å²) in [6.45, 7) is 0. The number of amides is 2. The maximum Gasteiger partial charge on any atom is 0.255 e. The fraction of sp³-hybridized carbons (Fsp3) is 0.304. The van der Waals surface area contributed by atoms with Gasteiger partial charge in [0.1, 0.15) is 5.75 Å². The van der Waals surface area contributed by atoms with E-state index in [2.05, 4.69) is 10.6 Å². The van der Waals surface area contributed by atoms with Crippen molar-refractivity contribution in [3.63, 3.8) is 0 Å². The Morgan fingerprint density at radius 1 is 0.857 bits per heavy atom. The van der Waals surface area contributed by atoms with Gasteiger partial charge in [-0.15, -0.1) is 0 Å². The molecule has 2 aliphatic rings. The van der Waals surface area contributed by atoms with Crippen LogP contribution < -0.4 is 15.4 Å². The maximum absolute atomic E-state index is 12.4. The van der Waals surface area contributed by atoms with Gasteiger partial charge in [-0.2, -0.15) is 0 Å². The molecule has 2 aliphatic carbocycles. The van der Waals surface area contributed by atoms with Crippen LogP contribution in [-0.2, 0) is 4.79 Å². The molecule has 2 aromatic carbocycles. The van der Waals surface area contributed by atoms with Crippen LogP contribution in [0.4, 0.5) is 11.4 Å². The summed E-state index contributed by atoms with van der Waals surface area (Å²) in [6.07, 6.45) is 6.65. The maximum atomic E-state index is 12.4. The lowest BCUT2D eigenvalue weighted by Gasteiger charge is -2.08. The summed E-state index contributed by atoms with van der Waals surface area (Å²) in [7, 11) is 1.60. The van der Waals surface area contributed by atoms with Gasteiger partial charge in [-0.1, -0.05) is 5.57 Å². The molecule has 5 heteroatoms. The lowest BCUT2D eigenvalue weighted by molar-refractivity contribution is -0.112. The van der Waals surface area contributed by atoms with Crippen molar-refractivity contribution < 1.29 is 14.3 Å². The van der Waals surface area contributed by atoms with Crippen molar-refractivity contribution in [2.24, 2.45) is 11.8 Å². The smallest absolute Gasteiger partial charge is 0.255 e. The van der Waals surface area contributed by atoms with Crippen molar-refractivity contribution >= 4 is 23.2 Å². The molecule has 4 rings (SSSR count). The minimum atomic E-state index is -0.201. The molecule has 0 radical (unpaired) electrons. The SMILES string of the molecule is COc1ccc(NC(=O)c2ccc(NC(=O)C=C(C3CC3)C3CC3)cc2)cc1. The Bertz CT molecular complexity index is 878. The lowest BCUT2D eigenvalue weighted by atomic mass is 10.1. The fourth-order valence-corrected chi connectivity index (χ4v) is 3.31. The lowest BCUT2D eigenvalue weighted by Crippen LogP contribution is -2.13. The third-order valence-electron chi connectivity index (χ3n) is 5.16. The van der Waals surface area contributed by atoms with Gasteiger partial charge in [0.05, 0.1) is 7.11 Å². The van der Waals surface area contributed by atoms with Crippen molar-refractivity contribution in [1.82, 2.24) is 0 Å². The van der Waals surface area contributed by atoms with E-state index < -0.39 is 0 Å². The second-order valence-electron chi connectivity index (χ2n) is 7.44. The standard InChI is InChI=1S/C23H24N2O3/c1-28-20-12-10-19(11-13-20)25-23(27)17-6-8-18(9-7-17)24-22(26)14-21(15-2-3-15)16-4-5-16/h6-16H,2-5H2,1H3,(H,24,26)(H,25,27). The number of hydrogen-bond acceptors (Lipinski definition) is 3. The van der Waals surface area contributed by atoms with Crippen LogP contribution >= 0.6 is 0 Å². The van der Waals surface area contributed by atoms with Crippen LogP contribution in [0.15, 0.2) is 60.2 Å². The van der Waals surface area contributed by atoms with Crippen molar-refractivity contribution in [2.75, 3.05) is 17.7 Å². The molecule has 0 spiro atoms. The third-order valence-corrected chi connectivity index (χ3v) is 5.16. The second kappa shape index (κ2) is 7.89. The average molecular weight is 376 g/mol. The molecule has 0 heterocycles. The summed E-state index contributed by atoms with van der Waals surface area (Å²) in [4.78, 5) is 24.7. The fourth-order valence-electron chi connectivity index (χ4n) is 3.31. The normalized spacial score (nSPS) is 15.5. The Labute approximate surface area is 164 Å². The number of ether oxygens (including phenoxy) is 1. The molecule has 28 heavy (non-hydrogen) atoms. The monoisotopic (exact) mass is 376 g/mol. The number of hydrogen-bond donors (Lipinski definition) is 2. The predicted molar refractivity (Wildman–Crippen MR) is 110 cm³/mol. The van der Waals surface area contributed by atoms with Crippen LogP contribution in [-0.4, -0.2) is 18.9 Å². The topological polar surface area (TPSA) is 67.4 Å². The Morgan fingerprint density at radius 3 is 1.93 bits per heavy atom. The number of methoxy groups -OCH3 is 1. The number of nitrogens with one attached hydrogen (secondary N) is 2. The zero-order valence-corrected chi connectivity index (χ0v) is 15.9. The highest BCUT2D eigenvalue weighted by Gasteiger charge is 2.36. The van der Waals surface area contributed by atoms with Crippen molar-refractivity contribution in [1.29, 1.82) is 0 Å². The predicted octanol–water partition coefficient (Wildman–Crippen LogP) is 4.63. The molecule has 0 saturated heterocycles. The summed E-state index contributed by atoms with van der Waals surface area (Å²) in [5.41, 5.74) is 3.24. The van der Waals surface area contributed by atoms with Crippen LogP contribution in [0.25, 0.3) is 0 Å². The Balaban J connectivity index is 1.35. The number of benzene rings is 2. The van der Waals surface area contributed by atoms with Crippen LogP contribution in [0.5, 0.6) is 5.75 Å². The van der Waals surface area contributed by atoms with E-state index in [4.69, 9.17) is 4.74 Å². The van der Waals surface area contributed by atoms with Gasteiger partial charge in [0, 0.05) is 23.0 Å². The number of carbonyl (C=O) groups is 2. The largest absolute Gasteiger partial charge is 0.497 e. The molecule has 2 aromatic rings. The molecule has 144 valence electrons. The minimum Gasteiger partial charge on any atom is -0.497 e. The highest BCUT2D eigenvalue weighted by Crippen LogP contribution is 2.48. The molecule has 2 amide bonds. The summed E-state index contributed by atoms with van der Waals surface area (Å²) < 4.78 is 5.11.